The van der Waals surface area contributed by atoms with Gasteiger partial charge in [0.05, 0.1) is 23.3 Å². The van der Waals surface area contributed by atoms with E-state index in [1.54, 1.807) is 12.1 Å². The van der Waals surface area contributed by atoms with Crippen LogP contribution in [0.2, 0.25) is 5.02 Å². The molecule has 0 radical (unpaired) electrons. The predicted octanol–water partition coefficient (Wildman–Crippen LogP) is 3.81. The molecule has 6 heteroatoms. The molecule has 27 heavy (non-hydrogen) atoms. The van der Waals surface area contributed by atoms with Gasteiger partial charge in [0.15, 0.2) is 0 Å². The first kappa shape index (κ1) is 18.9. The van der Waals surface area contributed by atoms with E-state index in [4.69, 9.17) is 11.6 Å². The Morgan fingerprint density at radius 3 is 2.52 bits per heavy atom. The summed E-state index contributed by atoms with van der Waals surface area (Å²) in [4.78, 5) is 29.2. The van der Waals surface area contributed by atoms with Crippen LogP contribution in [0.15, 0.2) is 54.6 Å². The zero-order valence-electron chi connectivity index (χ0n) is 15.1. The smallest absolute Gasteiger partial charge is 0.252 e. The summed E-state index contributed by atoms with van der Waals surface area (Å²) in [6, 6.07) is 16.5. The summed E-state index contributed by atoms with van der Waals surface area (Å²) in [5.74, 6) is -0.566. The van der Waals surface area contributed by atoms with Gasteiger partial charge in [-0.2, -0.15) is 0 Å². The highest BCUT2D eigenvalue weighted by molar-refractivity contribution is 6.33. The number of halogens is 1. The molecule has 0 atom stereocenters. The minimum absolute atomic E-state index is 0.0167. The number of nitrogens with zero attached hydrogens (tertiary/aromatic N) is 1. The highest BCUT2D eigenvalue weighted by Crippen LogP contribution is 2.29. The van der Waals surface area contributed by atoms with E-state index in [0.717, 1.165) is 10.9 Å². The molecule has 0 aliphatic rings. The lowest BCUT2D eigenvalue weighted by molar-refractivity contribution is -0.120. The fraction of sp³-hybridized carbons (Fsp3) is 0.190. The van der Waals surface area contributed by atoms with Crippen molar-refractivity contribution in [3.05, 3.63) is 65.2 Å². The van der Waals surface area contributed by atoms with Crippen molar-refractivity contribution in [1.82, 2.24) is 15.6 Å². The van der Waals surface area contributed by atoms with Crippen molar-refractivity contribution >= 4 is 34.3 Å². The van der Waals surface area contributed by atoms with Crippen molar-refractivity contribution < 1.29 is 9.59 Å². The fourth-order valence-corrected chi connectivity index (χ4v) is 3.03. The number of hydrogen-bond acceptors (Lipinski definition) is 3. The maximum Gasteiger partial charge on any atom is 0.252 e. The first-order valence-corrected chi connectivity index (χ1v) is 9.05. The van der Waals surface area contributed by atoms with E-state index in [-0.39, 0.29) is 24.4 Å². The molecule has 3 aromatic rings. The molecule has 0 fully saturated rings. The molecule has 0 saturated heterocycles. The maximum absolute atomic E-state index is 12.8. The number of carbonyl (C=O) groups is 2. The zero-order chi connectivity index (χ0) is 19.4. The highest BCUT2D eigenvalue weighted by Gasteiger charge is 2.16. The lowest BCUT2D eigenvalue weighted by Gasteiger charge is -2.12. The molecule has 0 spiro atoms. The van der Waals surface area contributed by atoms with Crippen molar-refractivity contribution in [2.24, 2.45) is 0 Å². The number of benzene rings is 2. The molecular weight excluding hydrogens is 362 g/mol. The van der Waals surface area contributed by atoms with Crippen molar-refractivity contribution in [3.63, 3.8) is 0 Å². The molecule has 0 bridgehead atoms. The van der Waals surface area contributed by atoms with E-state index >= 15 is 0 Å². The first-order chi connectivity index (χ1) is 13.0. The summed E-state index contributed by atoms with van der Waals surface area (Å²) < 4.78 is 0. The number of carbonyl (C=O) groups excluding carboxylic acids is 2. The third-order valence-electron chi connectivity index (χ3n) is 3.97. The summed E-state index contributed by atoms with van der Waals surface area (Å²) in [6.45, 7) is 3.65. The predicted molar refractivity (Wildman–Crippen MR) is 108 cm³/mol. The van der Waals surface area contributed by atoms with Crippen LogP contribution in [0.5, 0.6) is 0 Å². The fourth-order valence-electron chi connectivity index (χ4n) is 2.80. The van der Waals surface area contributed by atoms with Crippen LogP contribution in [0.1, 0.15) is 24.2 Å². The van der Waals surface area contributed by atoms with E-state index in [2.05, 4.69) is 15.6 Å². The van der Waals surface area contributed by atoms with Gasteiger partial charge in [0.2, 0.25) is 5.91 Å². The second kappa shape index (κ2) is 8.18. The number of rotatable bonds is 5. The summed E-state index contributed by atoms with van der Waals surface area (Å²) in [5, 5.41) is 6.70. The third kappa shape index (κ3) is 4.44. The molecule has 0 saturated carbocycles. The number of amides is 2. The molecular formula is C21H20ClN3O2. The lowest BCUT2D eigenvalue weighted by Crippen LogP contribution is -2.39. The minimum atomic E-state index is -0.333. The van der Waals surface area contributed by atoms with Gasteiger partial charge in [0.25, 0.3) is 5.91 Å². The topological polar surface area (TPSA) is 71.1 Å². The minimum Gasteiger partial charge on any atom is -0.352 e. The van der Waals surface area contributed by atoms with Crippen LogP contribution < -0.4 is 10.6 Å². The second-order valence-corrected chi connectivity index (χ2v) is 6.86. The van der Waals surface area contributed by atoms with Gasteiger partial charge in [0, 0.05) is 22.0 Å². The van der Waals surface area contributed by atoms with Gasteiger partial charge in [-0.1, -0.05) is 48.0 Å². The normalized spacial score (nSPS) is 10.8. The summed E-state index contributed by atoms with van der Waals surface area (Å²) in [7, 11) is 0. The maximum atomic E-state index is 12.8. The van der Waals surface area contributed by atoms with Gasteiger partial charge in [-0.25, -0.2) is 4.98 Å². The zero-order valence-corrected chi connectivity index (χ0v) is 15.9. The Hall–Kier alpha value is -2.92. The van der Waals surface area contributed by atoms with E-state index in [0.29, 0.717) is 21.8 Å². The van der Waals surface area contributed by atoms with E-state index in [1.165, 1.54) is 0 Å². The van der Waals surface area contributed by atoms with Crippen LogP contribution in [-0.4, -0.2) is 29.4 Å². The molecule has 0 unspecified atom stereocenters. The molecule has 1 aromatic heterocycles. The molecule has 138 valence electrons. The summed E-state index contributed by atoms with van der Waals surface area (Å²) in [5.41, 5.74) is 2.49. The molecule has 2 aromatic carbocycles. The Balaban J connectivity index is 1.97. The first-order valence-electron chi connectivity index (χ1n) is 8.68. The Kier molecular flexibility index (Phi) is 5.72. The van der Waals surface area contributed by atoms with Crippen LogP contribution in [0.4, 0.5) is 0 Å². The summed E-state index contributed by atoms with van der Waals surface area (Å²) >= 11 is 6.30. The molecule has 0 aliphatic heterocycles. The second-order valence-electron chi connectivity index (χ2n) is 6.46. The van der Waals surface area contributed by atoms with Gasteiger partial charge < -0.3 is 10.6 Å². The molecule has 2 N–H and O–H groups in total. The molecule has 0 aliphatic carbocycles. The average molecular weight is 382 g/mol. The van der Waals surface area contributed by atoms with Crippen LogP contribution in [0, 0.1) is 0 Å². The number of para-hydroxylation sites is 1. The monoisotopic (exact) mass is 381 g/mol. The third-order valence-corrected chi connectivity index (χ3v) is 4.30. The SMILES string of the molecule is CC(C)NC(=O)CNC(=O)c1cc(-c2ccccc2Cl)nc2ccccc12. The number of pyridine rings is 1. The Labute approximate surface area is 162 Å². The van der Waals surface area contributed by atoms with Gasteiger partial charge in [0.1, 0.15) is 0 Å². The van der Waals surface area contributed by atoms with Gasteiger partial charge in [-0.05, 0) is 32.0 Å². The molecule has 2 amide bonds. The lowest BCUT2D eigenvalue weighted by atomic mass is 10.0. The van der Waals surface area contributed by atoms with Crippen molar-refractivity contribution in [2.45, 2.75) is 19.9 Å². The van der Waals surface area contributed by atoms with Crippen LogP contribution in [0.25, 0.3) is 22.2 Å². The summed E-state index contributed by atoms with van der Waals surface area (Å²) in [6.07, 6.45) is 0. The number of fused-ring (bicyclic) bond motifs is 1. The number of aromatic nitrogens is 1. The Morgan fingerprint density at radius 2 is 1.78 bits per heavy atom. The standard InChI is InChI=1S/C21H20ClN3O2/c1-13(2)24-20(26)12-23-21(27)16-11-19(15-8-3-5-9-17(15)22)25-18-10-6-4-7-14(16)18/h3-11,13H,12H2,1-2H3,(H,23,27)(H,24,26). The molecule has 1 heterocycles. The molecule has 5 nitrogen and oxygen atoms in total. The van der Waals surface area contributed by atoms with Crippen LogP contribution in [-0.2, 0) is 4.79 Å². The van der Waals surface area contributed by atoms with Crippen LogP contribution >= 0.6 is 11.6 Å². The van der Waals surface area contributed by atoms with E-state index in [1.807, 2.05) is 56.3 Å². The van der Waals surface area contributed by atoms with Crippen molar-refractivity contribution in [1.29, 1.82) is 0 Å². The van der Waals surface area contributed by atoms with Gasteiger partial charge in [-0.15, -0.1) is 0 Å². The largest absolute Gasteiger partial charge is 0.352 e. The Bertz CT molecular complexity index is 1000. The average Bonchev–Trinajstić information content (AvgIpc) is 2.65. The van der Waals surface area contributed by atoms with Gasteiger partial charge in [-0.3, -0.25) is 9.59 Å². The van der Waals surface area contributed by atoms with Crippen LogP contribution in [0.3, 0.4) is 0 Å². The number of nitrogens with one attached hydrogen (secondary N) is 2. The van der Waals surface area contributed by atoms with Gasteiger partial charge >= 0.3 is 0 Å². The quantitative estimate of drug-likeness (QED) is 0.706. The van der Waals surface area contributed by atoms with Crippen molar-refractivity contribution in [2.75, 3.05) is 6.54 Å². The number of hydrogen-bond donors (Lipinski definition) is 2. The highest BCUT2D eigenvalue weighted by atomic mass is 35.5. The van der Waals surface area contributed by atoms with Crippen molar-refractivity contribution in [3.8, 4) is 11.3 Å². The van der Waals surface area contributed by atoms with E-state index < -0.39 is 0 Å². The Morgan fingerprint density at radius 1 is 1.07 bits per heavy atom. The molecule has 3 rings (SSSR count). The van der Waals surface area contributed by atoms with E-state index in [9.17, 15) is 9.59 Å².